The molecule has 5 nitrogen and oxygen atoms in total. The van der Waals surface area contributed by atoms with Crippen LogP contribution in [0.2, 0.25) is 0 Å². The van der Waals surface area contributed by atoms with Gasteiger partial charge in [-0.25, -0.2) is 4.98 Å². The molecule has 3 aromatic rings. The lowest BCUT2D eigenvalue weighted by Gasteiger charge is -2.26. The first-order valence-corrected chi connectivity index (χ1v) is 10.5. The van der Waals surface area contributed by atoms with Gasteiger partial charge in [-0.1, -0.05) is 30.8 Å². The molecule has 0 radical (unpaired) electrons. The van der Waals surface area contributed by atoms with Gasteiger partial charge in [0, 0.05) is 23.6 Å². The van der Waals surface area contributed by atoms with Crippen LogP contribution < -0.4 is 5.32 Å². The molecule has 2 heterocycles. The number of pyridine rings is 1. The third kappa shape index (κ3) is 4.50. The van der Waals surface area contributed by atoms with Crippen LogP contribution in [-0.2, 0) is 5.75 Å². The van der Waals surface area contributed by atoms with Crippen molar-refractivity contribution in [1.29, 1.82) is 0 Å². The Balaban J connectivity index is 1.32. The lowest BCUT2D eigenvalue weighted by molar-refractivity contribution is 0.0923. The van der Waals surface area contributed by atoms with Crippen LogP contribution in [-0.4, -0.2) is 26.9 Å². The van der Waals surface area contributed by atoms with Crippen LogP contribution in [0, 0.1) is 5.92 Å². The van der Waals surface area contributed by atoms with Gasteiger partial charge in [-0.3, -0.25) is 9.78 Å². The summed E-state index contributed by atoms with van der Waals surface area (Å²) in [6, 6.07) is 10.1. The van der Waals surface area contributed by atoms with Crippen molar-refractivity contribution in [1.82, 2.24) is 20.3 Å². The number of rotatable bonds is 5. The quantitative estimate of drug-likeness (QED) is 0.637. The topological polar surface area (TPSA) is 70.7 Å². The van der Waals surface area contributed by atoms with E-state index in [-0.39, 0.29) is 5.91 Å². The number of nitrogens with one attached hydrogen (secondary N) is 2. The van der Waals surface area contributed by atoms with E-state index in [1.54, 1.807) is 24.2 Å². The number of hydrogen-bond acceptors (Lipinski definition) is 4. The minimum atomic E-state index is 0.0403. The number of carbonyl (C=O) groups excluding carboxylic acids is 1. The van der Waals surface area contributed by atoms with Crippen molar-refractivity contribution in [2.75, 3.05) is 0 Å². The molecule has 1 saturated carbocycles. The Morgan fingerprint density at radius 1 is 1.19 bits per heavy atom. The predicted octanol–water partition coefficient (Wildman–Crippen LogP) is 4.56. The third-order valence-electron chi connectivity index (χ3n) is 5.20. The highest BCUT2D eigenvalue weighted by atomic mass is 32.2. The molecule has 0 bridgehead atoms. The van der Waals surface area contributed by atoms with Crippen LogP contribution in [0.15, 0.2) is 47.9 Å². The van der Waals surface area contributed by atoms with Gasteiger partial charge in [0.15, 0.2) is 5.16 Å². The number of aromatic amines is 1. The molecule has 0 aliphatic heterocycles. The largest absolute Gasteiger partial charge is 0.349 e. The van der Waals surface area contributed by atoms with Gasteiger partial charge >= 0.3 is 0 Å². The van der Waals surface area contributed by atoms with Crippen molar-refractivity contribution in [3.63, 3.8) is 0 Å². The summed E-state index contributed by atoms with van der Waals surface area (Å²) < 4.78 is 0. The molecule has 0 saturated heterocycles. The number of imidazole rings is 1. The number of amides is 1. The molecule has 1 aliphatic carbocycles. The lowest BCUT2D eigenvalue weighted by atomic mass is 9.87. The fourth-order valence-electron chi connectivity index (χ4n) is 3.48. The van der Waals surface area contributed by atoms with E-state index in [1.165, 1.54) is 18.4 Å². The second-order valence-corrected chi connectivity index (χ2v) is 8.31. The van der Waals surface area contributed by atoms with Crippen LogP contribution in [0.3, 0.4) is 0 Å². The summed E-state index contributed by atoms with van der Waals surface area (Å²) in [4.78, 5) is 24.4. The monoisotopic (exact) mass is 380 g/mol. The Morgan fingerprint density at radius 3 is 2.70 bits per heavy atom. The van der Waals surface area contributed by atoms with Crippen molar-refractivity contribution in [2.24, 2.45) is 5.92 Å². The first kappa shape index (κ1) is 18.0. The highest BCUT2D eigenvalue weighted by Gasteiger charge is 2.20. The Bertz CT molecular complexity index is 880. The van der Waals surface area contributed by atoms with Gasteiger partial charge in [-0.05, 0) is 55.4 Å². The number of thioether (sulfide) groups is 1. The van der Waals surface area contributed by atoms with Crippen molar-refractivity contribution >= 4 is 28.7 Å². The van der Waals surface area contributed by atoms with Crippen LogP contribution in [0.4, 0.5) is 0 Å². The molecule has 140 valence electrons. The van der Waals surface area contributed by atoms with Gasteiger partial charge in [-0.15, -0.1) is 0 Å². The number of nitrogens with zero attached hydrogens (tertiary/aromatic N) is 2. The second-order valence-electron chi connectivity index (χ2n) is 7.35. The van der Waals surface area contributed by atoms with Crippen molar-refractivity contribution in [3.8, 4) is 0 Å². The second kappa shape index (κ2) is 8.13. The third-order valence-corrected chi connectivity index (χ3v) is 6.15. The average molecular weight is 381 g/mol. The number of carbonyl (C=O) groups is 1. The normalized spacial score (nSPS) is 19.9. The van der Waals surface area contributed by atoms with Crippen LogP contribution in [0.5, 0.6) is 0 Å². The number of H-pyrrole nitrogens is 1. The Labute approximate surface area is 163 Å². The number of fused-ring (bicyclic) bond motifs is 1. The van der Waals surface area contributed by atoms with E-state index in [0.29, 0.717) is 6.04 Å². The summed E-state index contributed by atoms with van der Waals surface area (Å²) in [6.45, 7) is 2.29. The molecule has 1 aromatic carbocycles. The molecule has 0 spiro atoms. The average Bonchev–Trinajstić information content (AvgIpc) is 3.11. The van der Waals surface area contributed by atoms with Crippen molar-refractivity contribution < 1.29 is 4.79 Å². The first-order valence-electron chi connectivity index (χ1n) is 9.50. The van der Waals surface area contributed by atoms with Gasteiger partial charge in [0.05, 0.1) is 17.2 Å². The van der Waals surface area contributed by atoms with E-state index in [9.17, 15) is 4.79 Å². The summed E-state index contributed by atoms with van der Waals surface area (Å²) in [7, 11) is 0. The van der Waals surface area contributed by atoms with Crippen LogP contribution in [0.1, 0.15) is 48.5 Å². The molecule has 0 atom stereocenters. The molecule has 0 unspecified atom stereocenters. The van der Waals surface area contributed by atoms with Crippen molar-refractivity contribution in [2.45, 2.75) is 49.6 Å². The lowest BCUT2D eigenvalue weighted by Crippen LogP contribution is -2.37. The Hall–Kier alpha value is -2.34. The minimum Gasteiger partial charge on any atom is -0.349 e. The Kier molecular flexibility index (Phi) is 5.43. The maximum atomic E-state index is 12.4. The SMILES string of the molecule is CC1CCC(NC(=O)c2ccc(CSc3nc4ccncc4[nH]3)cc2)CC1. The predicted molar refractivity (Wildman–Crippen MR) is 109 cm³/mol. The molecule has 1 amide bonds. The van der Waals surface area contributed by atoms with E-state index in [2.05, 4.69) is 27.2 Å². The van der Waals surface area contributed by atoms with E-state index in [0.717, 1.165) is 46.3 Å². The van der Waals surface area contributed by atoms with Gasteiger partial charge < -0.3 is 10.3 Å². The van der Waals surface area contributed by atoms with Crippen LogP contribution in [0.25, 0.3) is 11.0 Å². The number of benzene rings is 1. The molecule has 1 aliphatic rings. The Morgan fingerprint density at radius 2 is 1.96 bits per heavy atom. The van der Waals surface area contributed by atoms with E-state index in [1.807, 2.05) is 30.3 Å². The zero-order valence-corrected chi connectivity index (χ0v) is 16.3. The van der Waals surface area contributed by atoms with Gasteiger partial charge in [0.25, 0.3) is 5.91 Å². The smallest absolute Gasteiger partial charge is 0.251 e. The zero-order chi connectivity index (χ0) is 18.6. The standard InChI is InChI=1S/C21H24N4OS/c1-14-2-8-17(9-3-14)23-20(26)16-6-4-15(5-7-16)13-27-21-24-18-10-11-22-12-19(18)25-21/h4-7,10-12,14,17H,2-3,8-9,13H2,1H3,(H,23,26)(H,24,25). The van der Waals surface area contributed by atoms with E-state index >= 15 is 0 Å². The summed E-state index contributed by atoms with van der Waals surface area (Å²) in [5.41, 5.74) is 3.78. The van der Waals surface area contributed by atoms with E-state index < -0.39 is 0 Å². The maximum absolute atomic E-state index is 12.4. The highest BCUT2D eigenvalue weighted by molar-refractivity contribution is 7.98. The molecule has 27 heavy (non-hydrogen) atoms. The molecule has 2 aromatic heterocycles. The molecular weight excluding hydrogens is 356 g/mol. The molecule has 2 N–H and O–H groups in total. The van der Waals surface area contributed by atoms with Gasteiger partial charge in [0.2, 0.25) is 0 Å². The van der Waals surface area contributed by atoms with Gasteiger partial charge in [-0.2, -0.15) is 0 Å². The van der Waals surface area contributed by atoms with Crippen molar-refractivity contribution in [3.05, 3.63) is 53.9 Å². The fraction of sp³-hybridized carbons (Fsp3) is 0.381. The molecular formula is C21H24N4OS. The van der Waals surface area contributed by atoms with Gasteiger partial charge in [0.1, 0.15) is 0 Å². The van der Waals surface area contributed by atoms with Crippen LogP contribution >= 0.6 is 11.8 Å². The highest BCUT2D eigenvalue weighted by Crippen LogP contribution is 2.24. The van der Waals surface area contributed by atoms with E-state index in [4.69, 9.17) is 0 Å². The molecule has 6 heteroatoms. The fourth-order valence-corrected chi connectivity index (χ4v) is 4.32. The zero-order valence-electron chi connectivity index (χ0n) is 15.4. The molecule has 1 fully saturated rings. The number of aromatic nitrogens is 3. The first-order chi connectivity index (χ1) is 13.2. The summed E-state index contributed by atoms with van der Waals surface area (Å²) >= 11 is 1.65. The summed E-state index contributed by atoms with van der Waals surface area (Å²) in [5.74, 6) is 1.63. The summed E-state index contributed by atoms with van der Waals surface area (Å²) in [6.07, 6.45) is 8.13. The maximum Gasteiger partial charge on any atom is 0.251 e. The number of hydrogen-bond donors (Lipinski definition) is 2. The summed E-state index contributed by atoms with van der Waals surface area (Å²) in [5, 5.41) is 4.06. The minimum absolute atomic E-state index is 0.0403. The molecule has 4 rings (SSSR count).